The van der Waals surface area contributed by atoms with E-state index in [9.17, 15) is 4.79 Å². The largest absolute Gasteiger partial charge is 0.496 e. The van der Waals surface area contributed by atoms with Gasteiger partial charge in [-0.1, -0.05) is 18.2 Å². The summed E-state index contributed by atoms with van der Waals surface area (Å²) in [6.07, 6.45) is 0.794. The Kier molecular flexibility index (Phi) is 6.66. The lowest BCUT2D eigenvalue weighted by atomic mass is 9.83. The number of fused-ring (bicyclic) bond motifs is 3. The molecule has 0 spiro atoms. The summed E-state index contributed by atoms with van der Waals surface area (Å²) in [5, 5.41) is 13.6. The smallest absolute Gasteiger partial charge is 0.203 e. The molecule has 0 amide bonds. The van der Waals surface area contributed by atoms with E-state index < -0.39 is 0 Å². The highest BCUT2D eigenvalue weighted by molar-refractivity contribution is 5.97. The Morgan fingerprint density at radius 1 is 0.892 bits per heavy atom. The number of ether oxygens (including phenoxy) is 5. The van der Waals surface area contributed by atoms with Gasteiger partial charge in [-0.3, -0.25) is 4.79 Å². The van der Waals surface area contributed by atoms with Gasteiger partial charge in [-0.25, -0.2) is 4.52 Å². The molecule has 0 aliphatic heterocycles. The molecule has 0 radical (unpaired) electrons. The summed E-state index contributed by atoms with van der Waals surface area (Å²) in [4.78, 5) is 13.3. The number of hydrogen-bond donors (Lipinski definition) is 0. The summed E-state index contributed by atoms with van der Waals surface area (Å²) >= 11 is 0. The molecular formula is C27H28N4O6. The van der Waals surface area contributed by atoms with Crippen LogP contribution in [0, 0.1) is 0 Å². The van der Waals surface area contributed by atoms with E-state index in [1.54, 1.807) is 40.1 Å². The minimum atomic E-state index is -0.147. The van der Waals surface area contributed by atoms with Crippen molar-refractivity contribution in [2.24, 2.45) is 0 Å². The number of aromatic nitrogens is 4. The highest BCUT2D eigenvalue weighted by atomic mass is 16.5. The molecule has 1 unspecified atom stereocenters. The number of hydrogen-bond acceptors (Lipinski definition) is 9. The summed E-state index contributed by atoms with van der Waals surface area (Å²) in [6, 6.07) is 11.4. The third-order valence-corrected chi connectivity index (χ3v) is 6.66. The lowest BCUT2D eigenvalue weighted by Gasteiger charge is -2.24. The fraction of sp³-hybridized carbons (Fsp3) is 0.333. The Morgan fingerprint density at radius 3 is 2.24 bits per heavy atom. The fourth-order valence-electron chi connectivity index (χ4n) is 4.95. The third kappa shape index (κ3) is 4.13. The standard InChI is InChI=1S/C27H28N4O6/c1-33-14-18-24(17-8-6-7-9-21(17)34-2)27-29-28-25-19(31(27)30-18)10-15(11-20(25)32)16-12-22(35-3)26(37-5)23(13-16)36-4/h6-9,12-13,15H,10-11,14H2,1-5H3. The molecule has 0 bridgehead atoms. The van der Waals surface area contributed by atoms with Gasteiger partial charge in [0, 0.05) is 19.1 Å². The molecule has 10 heteroatoms. The maximum atomic E-state index is 13.3. The van der Waals surface area contributed by atoms with Crippen LogP contribution in [0.1, 0.15) is 39.8 Å². The molecule has 0 N–H and O–H groups in total. The maximum Gasteiger partial charge on any atom is 0.203 e. The van der Waals surface area contributed by atoms with Crippen molar-refractivity contribution in [1.82, 2.24) is 19.8 Å². The van der Waals surface area contributed by atoms with Crippen molar-refractivity contribution in [3.05, 3.63) is 59.0 Å². The topological polar surface area (TPSA) is 106 Å². The molecular weight excluding hydrogens is 476 g/mol. The molecule has 0 saturated heterocycles. The second-order valence-electron chi connectivity index (χ2n) is 8.67. The summed E-state index contributed by atoms with van der Waals surface area (Å²) < 4.78 is 29.3. The van der Waals surface area contributed by atoms with Crippen molar-refractivity contribution in [2.45, 2.75) is 25.4 Å². The molecule has 1 aliphatic rings. The van der Waals surface area contributed by atoms with Crippen LogP contribution in [0.5, 0.6) is 23.0 Å². The van der Waals surface area contributed by atoms with Crippen molar-refractivity contribution in [3.8, 4) is 34.1 Å². The Morgan fingerprint density at radius 2 is 1.59 bits per heavy atom. The molecule has 4 aromatic rings. The van der Waals surface area contributed by atoms with Gasteiger partial charge in [0.1, 0.15) is 5.75 Å². The zero-order valence-corrected chi connectivity index (χ0v) is 21.4. The monoisotopic (exact) mass is 504 g/mol. The molecule has 0 saturated carbocycles. The molecule has 1 aliphatic carbocycles. The van der Waals surface area contributed by atoms with Crippen LogP contribution in [0.3, 0.4) is 0 Å². The van der Waals surface area contributed by atoms with Crippen LogP contribution in [0.2, 0.25) is 0 Å². The highest BCUT2D eigenvalue weighted by Crippen LogP contribution is 2.43. The van der Waals surface area contributed by atoms with Crippen LogP contribution in [-0.4, -0.2) is 61.1 Å². The Balaban J connectivity index is 1.67. The second kappa shape index (κ2) is 10.1. The van der Waals surface area contributed by atoms with Crippen LogP contribution in [0.4, 0.5) is 0 Å². The molecule has 10 nitrogen and oxygen atoms in total. The number of carbonyl (C=O) groups excluding carboxylic acids is 1. The van der Waals surface area contributed by atoms with E-state index in [0.717, 1.165) is 16.7 Å². The normalized spacial score (nSPS) is 14.9. The van der Waals surface area contributed by atoms with Crippen molar-refractivity contribution >= 4 is 11.4 Å². The molecule has 2 aromatic heterocycles. The van der Waals surface area contributed by atoms with Gasteiger partial charge in [0.2, 0.25) is 5.75 Å². The van der Waals surface area contributed by atoms with Gasteiger partial charge in [-0.15, -0.1) is 10.2 Å². The number of methoxy groups -OCH3 is 5. The van der Waals surface area contributed by atoms with Crippen molar-refractivity contribution < 1.29 is 28.5 Å². The first kappa shape index (κ1) is 24.5. The van der Waals surface area contributed by atoms with Crippen molar-refractivity contribution in [2.75, 3.05) is 35.5 Å². The molecule has 1 atom stereocenters. The van der Waals surface area contributed by atoms with Gasteiger partial charge in [-0.05, 0) is 36.1 Å². The lowest BCUT2D eigenvalue weighted by Crippen LogP contribution is -2.24. The first-order chi connectivity index (χ1) is 18.0. The van der Waals surface area contributed by atoms with E-state index in [0.29, 0.717) is 52.1 Å². The summed E-state index contributed by atoms with van der Waals surface area (Å²) in [5.41, 5.74) is 4.72. The summed E-state index contributed by atoms with van der Waals surface area (Å²) in [5.74, 6) is 2.01. The minimum Gasteiger partial charge on any atom is -0.496 e. The average Bonchev–Trinajstić information content (AvgIpc) is 3.30. The van der Waals surface area contributed by atoms with Crippen LogP contribution < -0.4 is 18.9 Å². The van der Waals surface area contributed by atoms with Gasteiger partial charge in [0.25, 0.3) is 0 Å². The fourth-order valence-corrected chi connectivity index (χ4v) is 4.95. The zero-order valence-electron chi connectivity index (χ0n) is 21.4. The maximum absolute atomic E-state index is 13.3. The Bertz CT molecular complexity index is 1460. The van der Waals surface area contributed by atoms with E-state index in [1.165, 1.54) is 0 Å². The molecule has 2 aromatic carbocycles. The van der Waals surface area contributed by atoms with Crippen LogP contribution >= 0.6 is 0 Å². The second-order valence-corrected chi connectivity index (χ2v) is 8.67. The number of Topliss-reactive ketones (excluding diaryl/α,β-unsaturated/α-hetero) is 1. The lowest BCUT2D eigenvalue weighted by molar-refractivity contribution is 0.0955. The third-order valence-electron chi connectivity index (χ3n) is 6.66. The molecule has 192 valence electrons. The molecule has 0 fully saturated rings. The van der Waals surface area contributed by atoms with E-state index >= 15 is 0 Å². The average molecular weight is 505 g/mol. The van der Waals surface area contributed by atoms with Gasteiger partial charge in [-0.2, -0.15) is 5.10 Å². The number of para-hydroxylation sites is 1. The summed E-state index contributed by atoms with van der Waals surface area (Å²) in [6.45, 7) is 0.260. The van der Waals surface area contributed by atoms with E-state index in [2.05, 4.69) is 10.2 Å². The first-order valence-electron chi connectivity index (χ1n) is 11.8. The predicted molar refractivity (Wildman–Crippen MR) is 135 cm³/mol. The number of benzene rings is 2. The quantitative estimate of drug-likeness (QED) is 0.353. The van der Waals surface area contributed by atoms with E-state index in [-0.39, 0.29) is 24.7 Å². The zero-order chi connectivity index (χ0) is 26.1. The molecule has 2 heterocycles. The van der Waals surface area contributed by atoms with Gasteiger partial charge >= 0.3 is 0 Å². The Hall–Kier alpha value is -4.18. The van der Waals surface area contributed by atoms with E-state index in [4.69, 9.17) is 28.8 Å². The van der Waals surface area contributed by atoms with Crippen LogP contribution in [0.25, 0.3) is 16.8 Å². The number of ketones is 1. The van der Waals surface area contributed by atoms with Crippen LogP contribution in [0.15, 0.2) is 36.4 Å². The van der Waals surface area contributed by atoms with E-state index in [1.807, 2.05) is 36.4 Å². The van der Waals surface area contributed by atoms with Crippen molar-refractivity contribution in [1.29, 1.82) is 0 Å². The van der Waals surface area contributed by atoms with Gasteiger partial charge < -0.3 is 23.7 Å². The van der Waals surface area contributed by atoms with Gasteiger partial charge in [0.15, 0.2) is 28.6 Å². The SMILES string of the molecule is COCc1nn2c3c(nnc2c1-c1ccccc1OC)C(=O)CC(c1cc(OC)c(OC)c(OC)c1)C3. The predicted octanol–water partition coefficient (Wildman–Crippen LogP) is 3.88. The summed E-state index contributed by atoms with van der Waals surface area (Å²) in [7, 11) is 7.93. The minimum absolute atomic E-state index is 0.1000. The van der Waals surface area contributed by atoms with Crippen molar-refractivity contribution in [3.63, 3.8) is 0 Å². The highest BCUT2D eigenvalue weighted by Gasteiger charge is 2.33. The first-order valence-corrected chi connectivity index (χ1v) is 11.8. The molecule has 37 heavy (non-hydrogen) atoms. The number of rotatable bonds is 8. The van der Waals surface area contributed by atoms with Gasteiger partial charge in [0.05, 0.1) is 52.0 Å². The molecule has 5 rings (SSSR count). The number of nitrogens with zero attached hydrogens (tertiary/aromatic N) is 4. The van der Waals surface area contributed by atoms with Crippen LogP contribution in [-0.2, 0) is 17.8 Å². The Labute approximate surface area is 214 Å². The number of carbonyl (C=O) groups is 1.